The van der Waals surface area contributed by atoms with Crippen LogP contribution < -0.4 is 0 Å². The third-order valence-electron chi connectivity index (χ3n) is 3.27. The van der Waals surface area contributed by atoms with Gasteiger partial charge in [-0.2, -0.15) is 0 Å². The molecule has 1 aromatic heterocycles. The number of amides is 1. The molecule has 3 nitrogen and oxygen atoms in total. The fourth-order valence-corrected chi connectivity index (χ4v) is 2.38. The van der Waals surface area contributed by atoms with Crippen molar-refractivity contribution >= 4 is 16.8 Å². The van der Waals surface area contributed by atoms with E-state index >= 15 is 0 Å². The van der Waals surface area contributed by atoms with Gasteiger partial charge in [0.25, 0.3) is 5.91 Å². The Bertz CT molecular complexity index is 554. The first-order valence-electron chi connectivity index (χ1n) is 5.99. The molecule has 0 saturated carbocycles. The number of pyridine rings is 1. The van der Waals surface area contributed by atoms with E-state index in [0.29, 0.717) is 0 Å². The normalized spacial score (nSPS) is 15.4. The lowest BCUT2D eigenvalue weighted by Gasteiger charge is -2.16. The Morgan fingerprint density at radius 1 is 1.12 bits per heavy atom. The summed E-state index contributed by atoms with van der Waals surface area (Å²) in [4.78, 5) is 18.6. The molecule has 3 heteroatoms. The van der Waals surface area contributed by atoms with Gasteiger partial charge < -0.3 is 4.90 Å². The molecule has 2 aromatic rings. The predicted molar refractivity (Wildman–Crippen MR) is 66.9 cm³/mol. The Hall–Kier alpha value is -1.90. The summed E-state index contributed by atoms with van der Waals surface area (Å²) in [5.41, 5.74) is 1.66. The average molecular weight is 226 g/mol. The summed E-state index contributed by atoms with van der Waals surface area (Å²) in [5.74, 6) is 0.140. The first-order valence-corrected chi connectivity index (χ1v) is 5.99. The molecule has 1 aromatic carbocycles. The number of likely N-dealkylation sites (tertiary alicyclic amines) is 1. The molecule has 1 amide bonds. The monoisotopic (exact) mass is 226 g/mol. The summed E-state index contributed by atoms with van der Waals surface area (Å²) in [6.45, 7) is 1.77. The lowest BCUT2D eigenvalue weighted by atomic mass is 10.1. The van der Waals surface area contributed by atoms with Crippen LogP contribution in [0.5, 0.6) is 0 Å². The van der Waals surface area contributed by atoms with Crippen LogP contribution in [-0.2, 0) is 0 Å². The van der Waals surface area contributed by atoms with Crippen molar-refractivity contribution in [3.63, 3.8) is 0 Å². The van der Waals surface area contributed by atoms with Crippen LogP contribution in [0.4, 0.5) is 0 Å². The second-order valence-electron chi connectivity index (χ2n) is 4.37. The number of hydrogen-bond donors (Lipinski definition) is 0. The van der Waals surface area contributed by atoms with E-state index in [2.05, 4.69) is 4.98 Å². The first-order chi connectivity index (χ1) is 8.36. The Kier molecular flexibility index (Phi) is 2.52. The van der Waals surface area contributed by atoms with Gasteiger partial charge in [-0.1, -0.05) is 12.1 Å². The van der Waals surface area contributed by atoms with E-state index in [1.807, 2.05) is 35.2 Å². The maximum atomic E-state index is 12.4. The van der Waals surface area contributed by atoms with Gasteiger partial charge >= 0.3 is 0 Å². The minimum atomic E-state index is 0.140. The molecule has 1 saturated heterocycles. The molecule has 0 atom stereocenters. The molecule has 0 radical (unpaired) electrons. The lowest BCUT2D eigenvalue weighted by molar-refractivity contribution is 0.0795. The van der Waals surface area contributed by atoms with Crippen LogP contribution in [0.25, 0.3) is 10.9 Å². The van der Waals surface area contributed by atoms with Crippen molar-refractivity contribution < 1.29 is 4.79 Å². The quantitative estimate of drug-likeness (QED) is 0.748. The van der Waals surface area contributed by atoms with E-state index in [-0.39, 0.29) is 5.91 Å². The Balaban J connectivity index is 2.07. The van der Waals surface area contributed by atoms with Crippen LogP contribution in [0.3, 0.4) is 0 Å². The number of rotatable bonds is 1. The zero-order valence-electron chi connectivity index (χ0n) is 9.60. The van der Waals surface area contributed by atoms with E-state index in [9.17, 15) is 4.79 Å². The van der Waals surface area contributed by atoms with Gasteiger partial charge in [0.15, 0.2) is 0 Å². The van der Waals surface area contributed by atoms with Crippen molar-refractivity contribution in [2.75, 3.05) is 13.1 Å². The second kappa shape index (κ2) is 4.17. The third kappa shape index (κ3) is 1.78. The lowest BCUT2D eigenvalue weighted by Crippen LogP contribution is -2.27. The van der Waals surface area contributed by atoms with Crippen molar-refractivity contribution in [2.24, 2.45) is 0 Å². The maximum Gasteiger partial charge on any atom is 0.254 e. The standard InChI is InChI=1S/C14H14N2O/c17-14(16-9-1-2-10-16)12-5-3-7-13-11(12)6-4-8-15-13/h3-8H,1-2,9-10H2. The fraction of sp³-hybridized carbons (Fsp3) is 0.286. The predicted octanol–water partition coefficient (Wildman–Crippen LogP) is 2.47. The molecule has 0 spiro atoms. The fourth-order valence-electron chi connectivity index (χ4n) is 2.38. The van der Waals surface area contributed by atoms with Crippen molar-refractivity contribution in [3.05, 3.63) is 42.1 Å². The Morgan fingerprint density at radius 3 is 2.76 bits per heavy atom. The molecule has 1 aliphatic heterocycles. The molecule has 1 aliphatic rings. The number of benzene rings is 1. The Morgan fingerprint density at radius 2 is 1.94 bits per heavy atom. The maximum absolute atomic E-state index is 12.4. The number of aromatic nitrogens is 1. The summed E-state index contributed by atoms with van der Waals surface area (Å²) < 4.78 is 0. The summed E-state index contributed by atoms with van der Waals surface area (Å²) in [6.07, 6.45) is 4.00. The van der Waals surface area contributed by atoms with Crippen LogP contribution in [-0.4, -0.2) is 28.9 Å². The van der Waals surface area contributed by atoms with Gasteiger partial charge in [-0.3, -0.25) is 9.78 Å². The highest BCUT2D eigenvalue weighted by Gasteiger charge is 2.20. The van der Waals surface area contributed by atoms with Gasteiger partial charge in [-0.25, -0.2) is 0 Å². The molecule has 0 unspecified atom stereocenters. The van der Waals surface area contributed by atoms with Gasteiger partial charge in [0.05, 0.1) is 5.52 Å². The van der Waals surface area contributed by atoms with Gasteiger partial charge in [-0.05, 0) is 31.0 Å². The van der Waals surface area contributed by atoms with E-state index < -0.39 is 0 Å². The van der Waals surface area contributed by atoms with Crippen LogP contribution in [0.2, 0.25) is 0 Å². The van der Waals surface area contributed by atoms with Crippen molar-refractivity contribution in [3.8, 4) is 0 Å². The first kappa shape index (κ1) is 10.3. The summed E-state index contributed by atoms with van der Waals surface area (Å²) in [6, 6.07) is 9.58. The molecule has 3 rings (SSSR count). The zero-order valence-corrected chi connectivity index (χ0v) is 9.60. The van der Waals surface area contributed by atoms with Gasteiger partial charge in [0, 0.05) is 30.2 Å². The molecule has 0 N–H and O–H groups in total. The second-order valence-corrected chi connectivity index (χ2v) is 4.37. The number of fused-ring (bicyclic) bond motifs is 1. The highest BCUT2D eigenvalue weighted by molar-refractivity contribution is 6.06. The topological polar surface area (TPSA) is 33.2 Å². The van der Waals surface area contributed by atoms with Crippen LogP contribution >= 0.6 is 0 Å². The molecule has 17 heavy (non-hydrogen) atoms. The third-order valence-corrected chi connectivity index (χ3v) is 3.27. The largest absolute Gasteiger partial charge is 0.339 e. The van der Waals surface area contributed by atoms with E-state index in [1.54, 1.807) is 6.20 Å². The molecule has 1 fully saturated rings. The number of carbonyl (C=O) groups is 1. The molecule has 86 valence electrons. The Labute approximate surface area is 100 Å². The highest BCUT2D eigenvalue weighted by atomic mass is 16.2. The summed E-state index contributed by atoms with van der Waals surface area (Å²) in [7, 11) is 0. The molecule has 0 bridgehead atoms. The van der Waals surface area contributed by atoms with Crippen molar-refractivity contribution in [1.29, 1.82) is 0 Å². The van der Waals surface area contributed by atoms with Crippen LogP contribution in [0.15, 0.2) is 36.5 Å². The zero-order chi connectivity index (χ0) is 11.7. The minimum Gasteiger partial charge on any atom is -0.339 e. The minimum absolute atomic E-state index is 0.140. The highest BCUT2D eigenvalue weighted by Crippen LogP contribution is 2.20. The van der Waals surface area contributed by atoms with E-state index in [0.717, 1.165) is 42.4 Å². The number of carbonyl (C=O) groups excluding carboxylic acids is 1. The molecular formula is C14H14N2O. The van der Waals surface area contributed by atoms with Crippen molar-refractivity contribution in [2.45, 2.75) is 12.8 Å². The summed E-state index contributed by atoms with van der Waals surface area (Å²) in [5, 5.41) is 0.951. The molecular weight excluding hydrogens is 212 g/mol. The smallest absolute Gasteiger partial charge is 0.254 e. The number of hydrogen-bond acceptors (Lipinski definition) is 2. The SMILES string of the molecule is O=C(c1cccc2ncccc12)N1CCCC1. The van der Waals surface area contributed by atoms with E-state index in [1.165, 1.54) is 0 Å². The summed E-state index contributed by atoms with van der Waals surface area (Å²) >= 11 is 0. The van der Waals surface area contributed by atoms with E-state index in [4.69, 9.17) is 0 Å². The van der Waals surface area contributed by atoms with Gasteiger partial charge in [-0.15, -0.1) is 0 Å². The molecule has 0 aliphatic carbocycles. The van der Waals surface area contributed by atoms with Crippen LogP contribution in [0.1, 0.15) is 23.2 Å². The van der Waals surface area contributed by atoms with Crippen molar-refractivity contribution in [1.82, 2.24) is 9.88 Å². The average Bonchev–Trinajstić information content (AvgIpc) is 2.91. The molecule has 2 heterocycles. The number of nitrogens with zero attached hydrogens (tertiary/aromatic N) is 2. The van der Waals surface area contributed by atoms with Gasteiger partial charge in [0.1, 0.15) is 0 Å². The van der Waals surface area contributed by atoms with Crippen LogP contribution in [0, 0.1) is 0 Å². The van der Waals surface area contributed by atoms with Gasteiger partial charge in [0.2, 0.25) is 0 Å².